The molecule has 0 bridgehead atoms. The number of benzene rings is 3. The summed E-state index contributed by atoms with van der Waals surface area (Å²) in [6.07, 6.45) is 2.60. The largest absolute Gasteiger partial charge is 0.340 e. The summed E-state index contributed by atoms with van der Waals surface area (Å²) in [5.74, 6) is -0.427. The van der Waals surface area contributed by atoms with Crippen LogP contribution in [0.2, 0.25) is 5.02 Å². The molecule has 5 heteroatoms. The maximum absolute atomic E-state index is 12.9. The molecule has 0 radical (unpaired) electrons. The van der Waals surface area contributed by atoms with E-state index in [0.717, 1.165) is 34.1 Å². The van der Waals surface area contributed by atoms with Gasteiger partial charge in [-0.2, -0.15) is 5.26 Å². The van der Waals surface area contributed by atoms with Crippen molar-refractivity contribution in [3.63, 3.8) is 0 Å². The Hall–Kier alpha value is -3.81. The second-order valence-corrected chi connectivity index (χ2v) is 8.28. The van der Waals surface area contributed by atoms with Crippen LogP contribution in [-0.4, -0.2) is 10.5 Å². The van der Waals surface area contributed by atoms with Crippen molar-refractivity contribution in [2.45, 2.75) is 26.8 Å². The number of nitrogens with one attached hydrogen (secondary N) is 1. The van der Waals surface area contributed by atoms with Crippen molar-refractivity contribution in [3.05, 3.63) is 106 Å². The van der Waals surface area contributed by atoms with Gasteiger partial charge in [-0.25, -0.2) is 0 Å². The maximum atomic E-state index is 12.9. The summed E-state index contributed by atoms with van der Waals surface area (Å²) >= 11 is 6.41. The summed E-state index contributed by atoms with van der Waals surface area (Å²) in [6.45, 7) is 4.67. The number of nitrogens with zero attached hydrogens (tertiary/aromatic N) is 2. The molecule has 1 N–H and O–H groups in total. The second kappa shape index (κ2) is 9.77. The van der Waals surface area contributed by atoms with E-state index in [1.807, 2.05) is 79.7 Å². The number of halogens is 1. The van der Waals surface area contributed by atoms with Crippen molar-refractivity contribution in [1.29, 1.82) is 5.26 Å². The molecule has 1 amide bonds. The minimum absolute atomic E-state index is 0.0540. The molecule has 1 aromatic heterocycles. The summed E-state index contributed by atoms with van der Waals surface area (Å²) in [5, 5.41) is 14.3. The smallest absolute Gasteiger partial charge is 0.266 e. The summed E-state index contributed by atoms with van der Waals surface area (Å²) in [7, 11) is 0. The predicted molar refractivity (Wildman–Crippen MR) is 135 cm³/mol. The van der Waals surface area contributed by atoms with Crippen LogP contribution in [0.25, 0.3) is 17.0 Å². The minimum Gasteiger partial charge on any atom is -0.340 e. The van der Waals surface area contributed by atoms with E-state index >= 15 is 0 Å². The Bertz CT molecular complexity index is 1390. The highest BCUT2D eigenvalue weighted by atomic mass is 35.5. The molecule has 0 fully saturated rings. The van der Waals surface area contributed by atoms with Gasteiger partial charge in [-0.1, -0.05) is 67.1 Å². The molecule has 0 saturated carbocycles. The first-order valence-electron chi connectivity index (χ1n) is 10.8. The van der Waals surface area contributed by atoms with Crippen molar-refractivity contribution < 1.29 is 4.79 Å². The lowest BCUT2D eigenvalue weighted by Crippen LogP contribution is -2.13. The number of carbonyl (C=O) groups is 1. The molecule has 0 aliphatic heterocycles. The second-order valence-electron chi connectivity index (χ2n) is 7.87. The van der Waals surface area contributed by atoms with E-state index in [1.54, 1.807) is 6.08 Å². The van der Waals surface area contributed by atoms with E-state index in [9.17, 15) is 10.1 Å². The number of hydrogen-bond acceptors (Lipinski definition) is 2. The van der Waals surface area contributed by atoms with Gasteiger partial charge in [-0.3, -0.25) is 4.79 Å². The molecule has 0 aliphatic rings. The van der Waals surface area contributed by atoms with Crippen molar-refractivity contribution in [3.8, 4) is 6.07 Å². The van der Waals surface area contributed by atoms with Gasteiger partial charge in [0.25, 0.3) is 5.91 Å². The highest BCUT2D eigenvalue weighted by molar-refractivity contribution is 6.31. The van der Waals surface area contributed by atoms with E-state index in [-0.39, 0.29) is 5.57 Å². The first-order chi connectivity index (χ1) is 16.0. The Morgan fingerprint density at radius 1 is 1.06 bits per heavy atom. The standard InChI is InChI=1S/C28H24ClN3O/c1-3-20-12-14-23(15-13-20)31-28(33)22(17-30)16-25-19(2)32(27-11-7-5-9-24(25)27)18-21-8-4-6-10-26(21)29/h4-16H,3,18H2,1-2H3,(H,31,33)/b22-16+. The van der Waals surface area contributed by atoms with Crippen LogP contribution in [0, 0.1) is 18.3 Å². The summed E-state index contributed by atoms with van der Waals surface area (Å²) in [6, 6.07) is 25.5. The SMILES string of the molecule is CCc1ccc(NC(=O)/C(C#N)=C/c2c(C)n(Cc3ccccc3Cl)c3ccccc23)cc1. The quantitative estimate of drug-likeness (QED) is 0.259. The van der Waals surface area contributed by atoms with Gasteiger partial charge >= 0.3 is 0 Å². The Morgan fingerprint density at radius 2 is 1.76 bits per heavy atom. The van der Waals surface area contributed by atoms with Crippen molar-refractivity contribution in [1.82, 2.24) is 4.57 Å². The van der Waals surface area contributed by atoms with E-state index in [4.69, 9.17) is 11.6 Å². The number of para-hydroxylation sites is 1. The molecule has 0 spiro atoms. The van der Waals surface area contributed by atoms with Crippen molar-refractivity contribution >= 4 is 40.2 Å². The van der Waals surface area contributed by atoms with Crippen LogP contribution < -0.4 is 5.32 Å². The van der Waals surface area contributed by atoms with Crippen LogP contribution in [0.15, 0.2) is 78.4 Å². The molecule has 1 heterocycles. The average molecular weight is 454 g/mol. The number of anilines is 1. The number of nitriles is 1. The zero-order valence-corrected chi connectivity index (χ0v) is 19.4. The molecule has 4 nitrogen and oxygen atoms in total. The summed E-state index contributed by atoms with van der Waals surface area (Å²) in [5.41, 5.74) is 5.75. The molecule has 0 unspecified atom stereocenters. The Kier molecular flexibility index (Phi) is 6.63. The topological polar surface area (TPSA) is 57.8 Å². The van der Waals surface area contributed by atoms with Crippen LogP contribution in [0.3, 0.4) is 0 Å². The molecule has 0 saturated heterocycles. The molecular formula is C28H24ClN3O. The van der Waals surface area contributed by atoms with Crippen molar-refractivity contribution in [2.75, 3.05) is 5.32 Å². The third-order valence-electron chi connectivity index (χ3n) is 5.84. The fourth-order valence-electron chi connectivity index (χ4n) is 3.96. The van der Waals surface area contributed by atoms with Gasteiger partial charge in [-0.15, -0.1) is 0 Å². The Morgan fingerprint density at radius 3 is 2.45 bits per heavy atom. The fraction of sp³-hybridized carbons (Fsp3) is 0.143. The third-order valence-corrected chi connectivity index (χ3v) is 6.21. The number of aromatic nitrogens is 1. The number of carbonyl (C=O) groups excluding carboxylic acids is 1. The number of rotatable bonds is 6. The third kappa shape index (κ3) is 4.69. The highest BCUT2D eigenvalue weighted by Gasteiger charge is 2.17. The highest BCUT2D eigenvalue weighted by Crippen LogP contribution is 2.30. The number of amides is 1. The van der Waals surface area contributed by atoms with Crippen LogP contribution in [0.4, 0.5) is 5.69 Å². The van der Waals surface area contributed by atoms with Gasteiger partial charge in [0.05, 0.1) is 0 Å². The Labute approximate surface area is 198 Å². The molecule has 33 heavy (non-hydrogen) atoms. The van der Waals surface area contributed by atoms with Crippen molar-refractivity contribution in [2.24, 2.45) is 0 Å². The molecule has 4 aromatic rings. The van der Waals surface area contributed by atoms with Crippen LogP contribution in [0.1, 0.15) is 29.3 Å². The van der Waals surface area contributed by atoms with E-state index in [1.165, 1.54) is 5.56 Å². The van der Waals surface area contributed by atoms with Gasteiger partial charge in [0.1, 0.15) is 11.6 Å². The molecule has 0 aliphatic carbocycles. The first-order valence-corrected chi connectivity index (χ1v) is 11.2. The van der Waals surface area contributed by atoms with Gasteiger partial charge in [0, 0.05) is 39.4 Å². The normalized spacial score (nSPS) is 11.4. The van der Waals surface area contributed by atoms with Crippen LogP contribution >= 0.6 is 11.6 Å². The number of fused-ring (bicyclic) bond motifs is 1. The van der Waals surface area contributed by atoms with Crippen LogP contribution in [0.5, 0.6) is 0 Å². The van der Waals surface area contributed by atoms with E-state index < -0.39 is 5.91 Å². The predicted octanol–water partition coefficient (Wildman–Crippen LogP) is 6.76. The minimum atomic E-state index is -0.427. The molecule has 4 rings (SSSR count). The monoisotopic (exact) mass is 453 g/mol. The maximum Gasteiger partial charge on any atom is 0.266 e. The zero-order chi connectivity index (χ0) is 23.4. The molecule has 164 valence electrons. The van der Waals surface area contributed by atoms with Gasteiger partial charge in [0.15, 0.2) is 0 Å². The summed E-state index contributed by atoms with van der Waals surface area (Å²) < 4.78 is 2.17. The zero-order valence-electron chi connectivity index (χ0n) is 18.6. The van der Waals surface area contributed by atoms with Gasteiger partial charge in [0.2, 0.25) is 0 Å². The molecule has 0 atom stereocenters. The van der Waals surface area contributed by atoms with Crippen LogP contribution in [-0.2, 0) is 17.8 Å². The average Bonchev–Trinajstić information content (AvgIpc) is 3.10. The number of hydrogen-bond donors (Lipinski definition) is 1. The molecular weight excluding hydrogens is 430 g/mol. The first kappa shape index (κ1) is 22.4. The lowest BCUT2D eigenvalue weighted by Gasteiger charge is -2.10. The number of aryl methyl sites for hydroxylation is 1. The Balaban J connectivity index is 1.72. The molecule has 3 aromatic carbocycles. The lowest BCUT2D eigenvalue weighted by atomic mass is 10.1. The van der Waals surface area contributed by atoms with E-state index in [0.29, 0.717) is 17.3 Å². The van der Waals surface area contributed by atoms with Gasteiger partial charge < -0.3 is 9.88 Å². The fourth-order valence-corrected chi connectivity index (χ4v) is 4.15. The summed E-state index contributed by atoms with van der Waals surface area (Å²) in [4.78, 5) is 12.9. The van der Waals surface area contributed by atoms with Gasteiger partial charge in [-0.05, 0) is 54.8 Å². The van der Waals surface area contributed by atoms with E-state index in [2.05, 4.69) is 22.9 Å². The lowest BCUT2D eigenvalue weighted by molar-refractivity contribution is -0.112.